The topological polar surface area (TPSA) is 55.8 Å². The van der Waals surface area contributed by atoms with Gasteiger partial charge in [0.05, 0.1) is 5.56 Å². The molecule has 37 heavy (non-hydrogen) atoms. The summed E-state index contributed by atoms with van der Waals surface area (Å²) in [7, 11) is 0. The van der Waals surface area contributed by atoms with Crippen LogP contribution in [0.15, 0.2) is 72.8 Å². The second kappa shape index (κ2) is 9.61. The number of piperidine rings is 1. The molecule has 2 atom stereocenters. The highest BCUT2D eigenvalue weighted by Crippen LogP contribution is 2.45. The van der Waals surface area contributed by atoms with E-state index >= 15 is 0 Å². The van der Waals surface area contributed by atoms with Crippen molar-refractivity contribution in [1.82, 2.24) is 4.90 Å². The SMILES string of the molecule is O=C(c1ccccc1OC(F)F)C1CC2CCC(C1)N2C(=O)OCC1c2ccccc2-c2ccccc21. The number of carbonyl (C=O) groups excluding carboxylic acids is 2. The van der Waals surface area contributed by atoms with Gasteiger partial charge in [-0.2, -0.15) is 8.78 Å². The Kier molecular flexibility index (Phi) is 6.14. The fraction of sp³-hybridized carbons (Fsp3) is 0.333. The zero-order chi connectivity index (χ0) is 25.5. The van der Waals surface area contributed by atoms with E-state index in [-0.39, 0.29) is 53.7 Å². The standard InChI is InChI=1S/C30H27F2NO4/c31-29(32)37-27-12-6-5-11-25(27)28(34)18-15-19-13-14-20(16-18)33(19)30(35)36-17-26-23-9-3-1-7-21(23)22-8-2-4-10-24(22)26/h1-12,18-20,26,29H,13-17H2. The Bertz CT molecular complexity index is 1280. The maximum atomic E-state index is 13.3. The molecule has 3 aromatic rings. The lowest BCUT2D eigenvalue weighted by molar-refractivity contribution is -0.0502. The predicted molar refractivity (Wildman–Crippen MR) is 134 cm³/mol. The van der Waals surface area contributed by atoms with Crippen LogP contribution < -0.4 is 4.74 Å². The van der Waals surface area contributed by atoms with Crippen molar-refractivity contribution in [2.24, 2.45) is 5.92 Å². The molecule has 2 bridgehead atoms. The van der Waals surface area contributed by atoms with Crippen LogP contribution in [0.25, 0.3) is 11.1 Å². The Morgan fingerprint density at radius 2 is 1.41 bits per heavy atom. The van der Waals surface area contributed by atoms with Gasteiger partial charge in [0, 0.05) is 23.9 Å². The molecule has 5 nitrogen and oxygen atoms in total. The first-order valence-corrected chi connectivity index (χ1v) is 12.7. The highest BCUT2D eigenvalue weighted by molar-refractivity contribution is 6.00. The number of alkyl halides is 2. The maximum absolute atomic E-state index is 13.3. The lowest BCUT2D eigenvalue weighted by Crippen LogP contribution is -2.48. The minimum atomic E-state index is -3.00. The van der Waals surface area contributed by atoms with Crippen molar-refractivity contribution in [3.63, 3.8) is 0 Å². The van der Waals surface area contributed by atoms with Crippen LogP contribution in [0.2, 0.25) is 0 Å². The van der Waals surface area contributed by atoms with Gasteiger partial charge in [0.15, 0.2) is 5.78 Å². The average Bonchev–Trinajstić information content (AvgIpc) is 3.37. The van der Waals surface area contributed by atoms with E-state index in [9.17, 15) is 18.4 Å². The van der Waals surface area contributed by atoms with Gasteiger partial charge in [0.25, 0.3) is 0 Å². The molecule has 0 saturated carbocycles. The van der Waals surface area contributed by atoms with Crippen molar-refractivity contribution in [1.29, 1.82) is 0 Å². The first-order chi connectivity index (χ1) is 18.0. The minimum Gasteiger partial charge on any atom is -0.448 e. The van der Waals surface area contributed by atoms with Crippen molar-refractivity contribution in [2.75, 3.05) is 6.61 Å². The number of hydrogen-bond acceptors (Lipinski definition) is 4. The second-order valence-electron chi connectivity index (χ2n) is 10.0. The molecule has 2 unspecified atom stereocenters. The Hall–Kier alpha value is -3.74. The van der Waals surface area contributed by atoms with Crippen molar-refractivity contribution in [3.05, 3.63) is 89.5 Å². The third-order valence-corrected chi connectivity index (χ3v) is 8.02. The number of halogens is 2. The Labute approximate surface area is 214 Å². The lowest BCUT2D eigenvalue weighted by atomic mass is 9.84. The number of amides is 1. The van der Waals surface area contributed by atoms with Gasteiger partial charge in [-0.3, -0.25) is 4.79 Å². The fourth-order valence-corrected chi connectivity index (χ4v) is 6.45. The molecule has 0 radical (unpaired) electrons. The van der Waals surface area contributed by atoms with Crippen LogP contribution in [0, 0.1) is 5.92 Å². The third-order valence-electron chi connectivity index (χ3n) is 8.02. The quantitative estimate of drug-likeness (QED) is 0.353. The molecule has 2 heterocycles. The summed E-state index contributed by atoms with van der Waals surface area (Å²) in [6.45, 7) is -2.75. The number of hydrogen-bond donors (Lipinski definition) is 0. The van der Waals surface area contributed by atoms with Crippen molar-refractivity contribution < 1.29 is 27.8 Å². The van der Waals surface area contributed by atoms with E-state index in [2.05, 4.69) is 29.0 Å². The highest BCUT2D eigenvalue weighted by Gasteiger charge is 2.46. The average molecular weight is 504 g/mol. The van der Waals surface area contributed by atoms with Gasteiger partial charge < -0.3 is 14.4 Å². The van der Waals surface area contributed by atoms with Crippen LogP contribution >= 0.6 is 0 Å². The molecule has 2 aliphatic heterocycles. The molecule has 0 spiro atoms. The number of nitrogens with zero attached hydrogens (tertiary/aromatic N) is 1. The van der Waals surface area contributed by atoms with Crippen LogP contribution in [0.1, 0.15) is 53.1 Å². The van der Waals surface area contributed by atoms with Crippen LogP contribution in [0.5, 0.6) is 5.75 Å². The number of ketones is 1. The first-order valence-electron chi connectivity index (χ1n) is 12.7. The molecule has 3 aliphatic rings. The summed E-state index contributed by atoms with van der Waals surface area (Å²) >= 11 is 0. The van der Waals surface area contributed by atoms with Crippen LogP contribution in [0.3, 0.4) is 0 Å². The smallest absolute Gasteiger partial charge is 0.410 e. The molecule has 1 aliphatic carbocycles. The van der Waals surface area contributed by atoms with E-state index < -0.39 is 6.61 Å². The molecule has 0 aromatic heterocycles. The lowest BCUT2D eigenvalue weighted by Gasteiger charge is -2.38. The predicted octanol–water partition coefficient (Wildman–Crippen LogP) is 6.66. The van der Waals surface area contributed by atoms with Crippen LogP contribution in [-0.4, -0.2) is 42.1 Å². The molecule has 0 N–H and O–H groups in total. The number of rotatable bonds is 6. The van der Waals surface area contributed by atoms with Crippen molar-refractivity contribution in [3.8, 4) is 16.9 Å². The van der Waals surface area contributed by atoms with E-state index in [4.69, 9.17) is 4.74 Å². The second-order valence-corrected chi connectivity index (χ2v) is 10.0. The zero-order valence-corrected chi connectivity index (χ0v) is 20.2. The summed E-state index contributed by atoms with van der Waals surface area (Å²) in [4.78, 5) is 28.4. The Morgan fingerprint density at radius 1 is 0.838 bits per heavy atom. The molecule has 2 fully saturated rings. The summed E-state index contributed by atoms with van der Waals surface area (Å²) in [6.07, 6.45) is 2.23. The molecule has 3 aromatic carbocycles. The van der Waals surface area contributed by atoms with Crippen LogP contribution in [-0.2, 0) is 4.74 Å². The summed E-state index contributed by atoms with van der Waals surface area (Å²) < 4.78 is 36.2. The molecule has 6 rings (SSSR count). The van der Waals surface area contributed by atoms with Gasteiger partial charge >= 0.3 is 12.7 Å². The van der Waals surface area contributed by atoms with Crippen molar-refractivity contribution in [2.45, 2.75) is 50.3 Å². The highest BCUT2D eigenvalue weighted by atomic mass is 19.3. The molecule has 2 saturated heterocycles. The fourth-order valence-electron chi connectivity index (χ4n) is 6.45. The van der Waals surface area contributed by atoms with Gasteiger partial charge in [-0.15, -0.1) is 0 Å². The van der Waals surface area contributed by atoms with E-state index in [1.807, 2.05) is 24.3 Å². The first kappa shape index (κ1) is 23.6. The van der Waals surface area contributed by atoms with E-state index in [1.165, 1.54) is 23.3 Å². The number of fused-ring (bicyclic) bond motifs is 5. The zero-order valence-electron chi connectivity index (χ0n) is 20.2. The Balaban J connectivity index is 1.14. The summed E-state index contributed by atoms with van der Waals surface area (Å²) in [5.74, 6) is -0.675. The van der Waals surface area contributed by atoms with Crippen molar-refractivity contribution >= 4 is 11.9 Å². The van der Waals surface area contributed by atoms with Gasteiger partial charge in [0.2, 0.25) is 0 Å². The number of carbonyl (C=O) groups is 2. The van der Waals surface area contributed by atoms with Gasteiger partial charge in [0.1, 0.15) is 12.4 Å². The maximum Gasteiger partial charge on any atom is 0.410 e. The molecular formula is C30H27F2NO4. The molecule has 1 amide bonds. The monoisotopic (exact) mass is 503 g/mol. The number of para-hydroxylation sites is 1. The van der Waals surface area contributed by atoms with Gasteiger partial charge in [-0.25, -0.2) is 4.79 Å². The largest absolute Gasteiger partial charge is 0.448 e. The van der Waals surface area contributed by atoms with E-state index in [0.717, 1.165) is 24.0 Å². The third kappa shape index (κ3) is 4.26. The molecular weight excluding hydrogens is 476 g/mol. The van der Waals surface area contributed by atoms with Gasteiger partial charge in [-0.05, 0) is 60.1 Å². The summed E-state index contributed by atoms with van der Waals surface area (Å²) in [5.41, 5.74) is 4.84. The number of Topliss-reactive ketones (excluding diaryl/α,β-unsaturated/α-hetero) is 1. The Morgan fingerprint density at radius 3 is 2.03 bits per heavy atom. The molecule has 7 heteroatoms. The van der Waals surface area contributed by atoms with E-state index in [1.54, 1.807) is 17.0 Å². The minimum absolute atomic E-state index is 0.0144. The van der Waals surface area contributed by atoms with Crippen LogP contribution in [0.4, 0.5) is 13.6 Å². The van der Waals surface area contributed by atoms with Gasteiger partial charge in [-0.1, -0.05) is 60.7 Å². The van der Waals surface area contributed by atoms with E-state index in [0.29, 0.717) is 12.8 Å². The normalized spacial score (nSPS) is 22.0. The summed E-state index contributed by atoms with van der Waals surface area (Å²) in [6, 6.07) is 22.3. The number of ether oxygens (including phenoxy) is 2. The molecule has 190 valence electrons. The number of benzene rings is 3. The summed E-state index contributed by atoms with van der Waals surface area (Å²) in [5, 5.41) is 0.